The molecule has 5 nitrogen and oxygen atoms in total. The van der Waals surface area contributed by atoms with E-state index in [1.165, 1.54) is 23.4 Å². The van der Waals surface area contributed by atoms with Gasteiger partial charge >= 0.3 is 0 Å². The van der Waals surface area contributed by atoms with Crippen molar-refractivity contribution in [3.05, 3.63) is 58.0 Å². The second kappa shape index (κ2) is 9.42. The molecule has 0 aliphatic rings. The van der Waals surface area contributed by atoms with Crippen LogP contribution in [0, 0.1) is 0 Å². The lowest BCUT2D eigenvalue weighted by molar-refractivity contribution is -0.120. The van der Waals surface area contributed by atoms with Crippen molar-refractivity contribution >= 4 is 17.7 Å². The zero-order valence-corrected chi connectivity index (χ0v) is 15.7. The molecule has 1 aromatic carbocycles. The lowest BCUT2D eigenvalue weighted by Crippen LogP contribution is -2.33. The van der Waals surface area contributed by atoms with Crippen molar-refractivity contribution in [3.63, 3.8) is 0 Å². The Balaban J connectivity index is 1.91. The Kier molecular flexibility index (Phi) is 7.25. The van der Waals surface area contributed by atoms with Gasteiger partial charge in [-0.05, 0) is 24.8 Å². The molecular formula is C19H25N3O2S. The van der Waals surface area contributed by atoms with Crippen molar-refractivity contribution in [2.24, 2.45) is 0 Å². The minimum atomic E-state index is -0.331. The Morgan fingerprint density at radius 1 is 1.28 bits per heavy atom. The number of carbonyl (C=O) groups excluding carboxylic acids is 1. The maximum atomic E-state index is 12.3. The highest BCUT2D eigenvalue weighted by molar-refractivity contribution is 8.00. The Morgan fingerprint density at radius 3 is 2.68 bits per heavy atom. The molecule has 0 fully saturated rings. The summed E-state index contributed by atoms with van der Waals surface area (Å²) >= 11 is 1.27. The Bertz CT molecular complexity index is 746. The summed E-state index contributed by atoms with van der Waals surface area (Å²) in [4.78, 5) is 31.1. The standard InChI is InChI=1S/C19H25N3O2S/c1-4-8-16-11-17(23)22-19(21-16)25-14(3)18(24)20-12-13(2)15-9-6-5-7-10-15/h5-7,9-11,13-14H,4,8,12H2,1-3H3,(H,20,24)(H,21,22,23)/t13-,14-/m1/s1. The van der Waals surface area contributed by atoms with E-state index in [0.29, 0.717) is 11.7 Å². The predicted molar refractivity (Wildman–Crippen MR) is 102 cm³/mol. The molecule has 0 saturated heterocycles. The van der Waals surface area contributed by atoms with Crippen LogP contribution >= 0.6 is 11.8 Å². The zero-order chi connectivity index (χ0) is 18.2. The van der Waals surface area contributed by atoms with Gasteiger partial charge in [0.15, 0.2) is 5.16 Å². The van der Waals surface area contributed by atoms with Crippen LogP contribution in [-0.4, -0.2) is 27.7 Å². The average molecular weight is 359 g/mol. The van der Waals surface area contributed by atoms with Gasteiger partial charge in [-0.1, -0.05) is 62.4 Å². The van der Waals surface area contributed by atoms with Crippen molar-refractivity contribution < 1.29 is 4.79 Å². The molecule has 0 unspecified atom stereocenters. The van der Waals surface area contributed by atoms with Gasteiger partial charge in [0.2, 0.25) is 5.91 Å². The number of aryl methyl sites for hydroxylation is 1. The monoisotopic (exact) mass is 359 g/mol. The minimum absolute atomic E-state index is 0.0590. The zero-order valence-electron chi connectivity index (χ0n) is 14.9. The molecule has 134 valence electrons. The van der Waals surface area contributed by atoms with E-state index >= 15 is 0 Å². The van der Waals surface area contributed by atoms with Gasteiger partial charge < -0.3 is 10.3 Å². The van der Waals surface area contributed by atoms with Crippen molar-refractivity contribution in [1.29, 1.82) is 0 Å². The fraction of sp³-hybridized carbons (Fsp3) is 0.421. The Labute approximate surface area is 152 Å². The van der Waals surface area contributed by atoms with E-state index in [1.54, 1.807) is 0 Å². The molecule has 1 aromatic heterocycles. The number of hydrogen-bond acceptors (Lipinski definition) is 4. The summed E-state index contributed by atoms with van der Waals surface area (Å²) < 4.78 is 0. The molecule has 2 rings (SSSR count). The number of H-pyrrole nitrogens is 1. The average Bonchev–Trinajstić information content (AvgIpc) is 2.59. The summed E-state index contributed by atoms with van der Waals surface area (Å²) in [5.74, 6) is 0.185. The first-order chi connectivity index (χ1) is 12.0. The molecule has 0 spiro atoms. The SMILES string of the molecule is CCCc1cc(=O)[nH]c(S[C@H](C)C(=O)NC[C@@H](C)c2ccccc2)n1. The van der Waals surface area contributed by atoms with Crippen molar-refractivity contribution in [3.8, 4) is 0 Å². The van der Waals surface area contributed by atoms with E-state index in [2.05, 4.69) is 34.3 Å². The largest absolute Gasteiger partial charge is 0.355 e. The molecule has 0 aliphatic carbocycles. The normalized spacial score (nSPS) is 13.2. The molecule has 2 atom stereocenters. The smallest absolute Gasteiger partial charge is 0.251 e. The number of nitrogens with zero attached hydrogens (tertiary/aromatic N) is 1. The fourth-order valence-electron chi connectivity index (χ4n) is 2.44. The number of nitrogens with one attached hydrogen (secondary N) is 2. The van der Waals surface area contributed by atoms with Gasteiger partial charge in [-0.15, -0.1) is 0 Å². The summed E-state index contributed by atoms with van der Waals surface area (Å²) in [5, 5.41) is 3.14. The van der Waals surface area contributed by atoms with E-state index in [-0.39, 0.29) is 22.6 Å². The number of rotatable bonds is 8. The number of aromatic nitrogens is 2. The number of amides is 1. The summed E-state index contributed by atoms with van der Waals surface area (Å²) in [6.45, 7) is 6.52. The van der Waals surface area contributed by atoms with E-state index < -0.39 is 0 Å². The van der Waals surface area contributed by atoms with Gasteiger partial charge in [0.25, 0.3) is 5.56 Å². The predicted octanol–water partition coefficient (Wildman–Crippen LogP) is 3.12. The summed E-state index contributed by atoms with van der Waals surface area (Å²) in [6.07, 6.45) is 1.68. The first kappa shape index (κ1) is 19.2. The van der Waals surface area contributed by atoms with Gasteiger partial charge in [0.05, 0.1) is 5.25 Å². The van der Waals surface area contributed by atoms with E-state index in [1.807, 2.05) is 32.0 Å². The summed E-state index contributed by atoms with van der Waals surface area (Å²) in [5.41, 5.74) is 1.78. The van der Waals surface area contributed by atoms with Gasteiger partial charge in [0, 0.05) is 18.3 Å². The molecular weight excluding hydrogens is 334 g/mol. The molecule has 0 bridgehead atoms. The molecule has 0 radical (unpaired) electrons. The fourth-order valence-corrected chi connectivity index (χ4v) is 3.30. The van der Waals surface area contributed by atoms with Crippen LogP contribution in [-0.2, 0) is 11.2 Å². The van der Waals surface area contributed by atoms with Gasteiger partial charge in [-0.25, -0.2) is 4.98 Å². The topological polar surface area (TPSA) is 74.8 Å². The summed E-state index contributed by atoms with van der Waals surface area (Å²) in [7, 11) is 0. The van der Waals surface area contributed by atoms with E-state index in [4.69, 9.17) is 0 Å². The molecule has 2 aromatic rings. The van der Waals surface area contributed by atoms with Crippen LogP contribution in [0.1, 0.15) is 44.4 Å². The van der Waals surface area contributed by atoms with E-state index in [9.17, 15) is 9.59 Å². The number of aromatic amines is 1. The third-order valence-electron chi connectivity index (χ3n) is 3.89. The van der Waals surface area contributed by atoms with Crippen LogP contribution in [0.25, 0.3) is 0 Å². The van der Waals surface area contributed by atoms with Crippen molar-refractivity contribution in [2.75, 3.05) is 6.54 Å². The van der Waals surface area contributed by atoms with Crippen LogP contribution in [0.4, 0.5) is 0 Å². The third kappa shape index (κ3) is 6.05. The molecule has 6 heteroatoms. The third-order valence-corrected chi connectivity index (χ3v) is 4.87. The van der Waals surface area contributed by atoms with Crippen LogP contribution < -0.4 is 10.9 Å². The molecule has 2 N–H and O–H groups in total. The number of hydrogen-bond donors (Lipinski definition) is 2. The minimum Gasteiger partial charge on any atom is -0.355 e. The van der Waals surface area contributed by atoms with Gasteiger partial charge in [-0.3, -0.25) is 9.59 Å². The molecule has 0 aliphatic heterocycles. The maximum absolute atomic E-state index is 12.3. The van der Waals surface area contributed by atoms with Gasteiger partial charge in [-0.2, -0.15) is 0 Å². The first-order valence-electron chi connectivity index (χ1n) is 8.59. The lowest BCUT2D eigenvalue weighted by atomic mass is 10.0. The lowest BCUT2D eigenvalue weighted by Gasteiger charge is -2.16. The van der Waals surface area contributed by atoms with Crippen LogP contribution in [0.5, 0.6) is 0 Å². The van der Waals surface area contributed by atoms with Gasteiger partial charge in [0.1, 0.15) is 0 Å². The van der Waals surface area contributed by atoms with E-state index in [0.717, 1.165) is 18.5 Å². The highest BCUT2D eigenvalue weighted by Gasteiger charge is 2.17. The Morgan fingerprint density at radius 2 is 2.00 bits per heavy atom. The van der Waals surface area contributed by atoms with Crippen LogP contribution in [0.2, 0.25) is 0 Å². The molecule has 1 heterocycles. The number of carbonyl (C=O) groups is 1. The number of thioether (sulfide) groups is 1. The Hall–Kier alpha value is -2.08. The van der Waals surface area contributed by atoms with Crippen LogP contribution in [0.3, 0.4) is 0 Å². The van der Waals surface area contributed by atoms with Crippen LogP contribution in [0.15, 0.2) is 46.3 Å². The highest BCUT2D eigenvalue weighted by atomic mass is 32.2. The highest BCUT2D eigenvalue weighted by Crippen LogP contribution is 2.19. The second-order valence-electron chi connectivity index (χ2n) is 6.11. The quantitative estimate of drug-likeness (QED) is 0.561. The summed E-state index contributed by atoms with van der Waals surface area (Å²) in [6, 6.07) is 11.6. The van der Waals surface area contributed by atoms with Crippen molar-refractivity contribution in [1.82, 2.24) is 15.3 Å². The van der Waals surface area contributed by atoms with Crippen molar-refractivity contribution in [2.45, 2.75) is 49.9 Å². The maximum Gasteiger partial charge on any atom is 0.251 e. The second-order valence-corrected chi connectivity index (χ2v) is 7.44. The molecule has 0 saturated carbocycles. The number of benzene rings is 1. The molecule has 25 heavy (non-hydrogen) atoms. The first-order valence-corrected chi connectivity index (χ1v) is 9.47. The molecule has 1 amide bonds.